The van der Waals surface area contributed by atoms with Gasteiger partial charge in [-0.05, 0) is 76.0 Å². The molecule has 0 bridgehead atoms. The van der Waals surface area contributed by atoms with Gasteiger partial charge in [-0.2, -0.15) is 0 Å². The smallest absolute Gasteiger partial charge is 0.371 e. The summed E-state index contributed by atoms with van der Waals surface area (Å²) < 4.78 is 27.4. The third-order valence-electron chi connectivity index (χ3n) is 6.91. The molecule has 0 saturated heterocycles. The van der Waals surface area contributed by atoms with Crippen LogP contribution in [0.15, 0.2) is 24.5 Å². The van der Waals surface area contributed by atoms with Gasteiger partial charge in [0, 0.05) is 30.8 Å². The Kier molecular flexibility index (Phi) is 9.01. The van der Waals surface area contributed by atoms with Gasteiger partial charge in [0.1, 0.15) is 24.3 Å². The first-order valence-electron chi connectivity index (χ1n) is 13.0. The Morgan fingerprint density at radius 3 is 2.86 bits per heavy atom. The number of halogens is 2. The quantitative estimate of drug-likeness (QED) is 0.206. The van der Waals surface area contributed by atoms with Crippen LogP contribution < -0.4 is 15.4 Å². The molecule has 0 spiro atoms. The highest BCUT2D eigenvalue weighted by Crippen LogP contribution is 2.39. The fourth-order valence-electron chi connectivity index (χ4n) is 4.65. The van der Waals surface area contributed by atoms with E-state index in [2.05, 4.69) is 27.8 Å². The average Bonchev–Trinajstić information content (AvgIpc) is 3.70. The largest absolute Gasteiger partial charge is 0.428 e. The molecule has 4 rings (SSSR count). The lowest BCUT2D eigenvalue weighted by Crippen LogP contribution is -2.42. The highest BCUT2D eigenvalue weighted by atomic mass is 19.3. The predicted molar refractivity (Wildman–Crippen MR) is 133 cm³/mol. The van der Waals surface area contributed by atoms with Crippen molar-refractivity contribution in [2.24, 2.45) is 0 Å². The third-order valence-corrected chi connectivity index (χ3v) is 6.91. The number of anilines is 2. The van der Waals surface area contributed by atoms with E-state index in [-0.39, 0.29) is 18.3 Å². The Hall–Kier alpha value is -2.88. The number of nitrogens with one attached hydrogen (secondary N) is 2. The van der Waals surface area contributed by atoms with Crippen LogP contribution in [0.3, 0.4) is 0 Å². The van der Waals surface area contributed by atoms with E-state index in [0.717, 1.165) is 73.3 Å². The minimum atomic E-state index is -2.45. The van der Waals surface area contributed by atoms with Gasteiger partial charge in [-0.25, -0.2) is 13.8 Å². The minimum Gasteiger partial charge on any atom is -0.371 e. The van der Waals surface area contributed by atoms with E-state index in [1.807, 2.05) is 0 Å². The van der Waals surface area contributed by atoms with Crippen molar-refractivity contribution in [2.45, 2.75) is 76.7 Å². The van der Waals surface area contributed by atoms with E-state index < -0.39 is 12.5 Å². The number of ketones is 1. The monoisotopic (exact) mass is 503 g/mol. The molecule has 36 heavy (non-hydrogen) atoms. The summed E-state index contributed by atoms with van der Waals surface area (Å²) in [5, 5.41) is 16.6. The summed E-state index contributed by atoms with van der Waals surface area (Å²) in [6.45, 7) is 2.93. The molecule has 2 aliphatic rings. The van der Waals surface area contributed by atoms with Gasteiger partial charge < -0.3 is 10.5 Å². The van der Waals surface area contributed by atoms with Crippen LogP contribution >= 0.6 is 0 Å². The second kappa shape index (κ2) is 12.4. The van der Waals surface area contributed by atoms with Crippen molar-refractivity contribution in [3.63, 3.8) is 0 Å². The highest BCUT2D eigenvalue weighted by molar-refractivity contribution is 5.83. The molecule has 10 heteroatoms. The zero-order valence-electron chi connectivity index (χ0n) is 20.9. The second-order valence-corrected chi connectivity index (χ2v) is 9.92. The van der Waals surface area contributed by atoms with Crippen molar-refractivity contribution in [1.29, 1.82) is 0 Å². The maximum absolute atomic E-state index is 13.2. The first kappa shape index (κ1) is 26.2. The van der Waals surface area contributed by atoms with Gasteiger partial charge in [0.2, 0.25) is 0 Å². The lowest BCUT2D eigenvalue weighted by molar-refractivity contribution is -0.895. The van der Waals surface area contributed by atoms with Gasteiger partial charge >= 0.3 is 5.95 Å². The maximum Gasteiger partial charge on any atom is 0.428 e. The van der Waals surface area contributed by atoms with Gasteiger partial charge in [0.15, 0.2) is 5.78 Å². The Bertz CT molecular complexity index is 1030. The number of hydrogen-bond acceptors (Lipinski definition) is 7. The first-order valence-corrected chi connectivity index (χ1v) is 13.0. The number of hydrogen-bond donors (Lipinski definition) is 3. The summed E-state index contributed by atoms with van der Waals surface area (Å²) in [7, 11) is 0. The summed E-state index contributed by atoms with van der Waals surface area (Å²) in [6.07, 6.45) is 7.97. The number of alkyl halides is 2. The zero-order valence-corrected chi connectivity index (χ0v) is 20.9. The van der Waals surface area contributed by atoms with Crippen LogP contribution in [-0.2, 0) is 17.6 Å². The molecule has 1 fully saturated rings. The normalized spacial score (nSPS) is 16.0. The van der Waals surface area contributed by atoms with E-state index in [1.54, 1.807) is 17.3 Å². The van der Waals surface area contributed by atoms with Crippen LogP contribution in [0.5, 0.6) is 0 Å². The van der Waals surface area contributed by atoms with Crippen LogP contribution in [0.25, 0.3) is 0 Å². The van der Waals surface area contributed by atoms with E-state index >= 15 is 0 Å². The number of carbonyl (C=O) groups excluding carboxylic acids is 1. The summed E-state index contributed by atoms with van der Waals surface area (Å²) in [5.74, 6) is 1.46. The lowest BCUT2D eigenvalue weighted by Gasteiger charge is -2.23. The Balaban J connectivity index is 1.26. The molecular formula is C26H37F2N6O2+. The van der Waals surface area contributed by atoms with Crippen LogP contribution in [-0.4, -0.2) is 64.5 Å². The van der Waals surface area contributed by atoms with Gasteiger partial charge in [-0.15, -0.1) is 0 Å². The molecule has 8 nitrogen and oxygen atoms in total. The van der Waals surface area contributed by atoms with Crippen LogP contribution in [0.1, 0.15) is 68.2 Å². The zero-order chi connectivity index (χ0) is 25.5. The lowest BCUT2D eigenvalue weighted by atomic mass is 10.1. The van der Waals surface area contributed by atoms with Crippen LogP contribution in [0.4, 0.5) is 20.5 Å². The van der Waals surface area contributed by atoms with Gasteiger partial charge in [-0.3, -0.25) is 15.0 Å². The number of carbonyl (C=O) groups is 1. The van der Waals surface area contributed by atoms with Crippen molar-refractivity contribution in [3.05, 3.63) is 41.3 Å². The number of fused-ring (bicyclic) bond motifs is 1. The molecule has 1 aliphatic carbocycles. The molecule has 3 heterocycles. The minimum absolute atomic E-state index is 0.132. The van der Waals surface area contributed by atoms with E-state index in [1.165, 1.54) is 12.5 Å². The first-order chi connectivity index (χ1) is 17.4. The van der Waals surface area contributed by atoms with Crippen molar-refractivity contribution in [1.82, 2.24) is 14.9 Å². The number of pyridine rings is 1. The Labute approximate surface area is 211 Å². The molecule has 0 amide bonds. The van der Waals surface area contributed by atoms with Crippen molar-refractivity contribution in [2.75, 3.05) is 36.8 Å². The molecule has 3 N–H and O–H groups in total. The molecule has 0 radical (unpaired) electrons. The summed E-state index contributed by atoms with van der Waals surface area (Å²) >= 11 is 0. The van der Waals surface area contributed by atoms with Crippen molar-refractivity contribution < 1.29 is 23.5 Å². The molecule has 2 aromatic heterocycles. The Morgan fingerprint density at radius 1 is 1.31 bits per heavy atom. The fraction of sp³-hybridized carbons (Fsp3) is 0.615. The summed E-state index contributed by atoms with van der Waals surface area (Å²) in [4.78, 5) is 22.9. The summed E-state index contributed by atoms with van der Waals surface area (Å²) in [5.41, 5.74) is 3.23. The molecule has 1 atom stereocenters. The van der Waals surface area contributed by atoms with E-state index in [0.29, 0.717) is 25.4 Å². The molecule has 1 aliphatic heterocycles. The molecular weight excluding hydrogens is 466 g/mol. The number of nitrogens with zero attached hydrogens (tertiary/aromatic N) is 4. The molecule has 2 aromatic rings. The molecule has 0 aromatic carbocycles. The Morgan fingerprint density at radius 2 is 2.14 bits per heavy atom. The number of Topliss-reactive ketones (excluding diaryl/α,β-unsaturated/α-hetero) is 1. The second-order valence-electron chi connectivity index (χ2n) is 9.92. The fourth-order valence-corrected chi connectivity index (χ4v) is 4.65. The summed E-state index contributed by atoms with van der Waals surface area (Å²) in [6, 6.07) is 3.56. The molecule has 1 unspecified atom stereocenters. The van der Waals surface area contributed by atoms with Gasteiger partial charge in [0.05, 0.1) is 6.54 Å². The predicted octanol–water partition coefficient (Wildman–Crippen LogP) is 3.59. The SMILES string of the molecule is CC(=O)C(CCN(CCCCc1ccc2c(n1)NCCC2)CC(F)F)Nc1ncc(C2CC2)c[n+]1O. The number of rotatable bonds is 14. The highest BCUT2D eigenvalue weighted by Gasteiger charge is 2.29. The number of aryl methyl sites for hydroxylation is 2. The van der Waals surface area contributed by atoms with E-state index in [4.69, 9.17) is 4.98 Å². The van der Waals surface area contributed by atoms with Gasteiger partial charge in [0.25, 0.3) is 6.43 Å². The number of aromatic nitrogens is 3. The van der Waals surface area contributed by atoms with Crippen molar-refractivity contribution >= 4 is 17.5 Å². The number of unbranched alkanes of at least 4 members (excludes halogenated alkanes) is 1. The average molecular weight is 504 g/mol. The van der Waals surface area contributed by atoms with Crippen LogP contribution in [0.2, 0.25) is 0 Å². The van der Waals surface area contributed by atoms with Gasteiger partial charge in [-0.1, -0.05) is 15.8 Å². The molecule has 196 valence electrons. The van der Waals surface area contributed by atoms with Crippen LogP contribution in [0, 0.1) is 0 Å². The van der Waals surface area contributed by atoms with E-state index in [9.17, 15) is 18.8 Å². The topological polar surface area (TPSA) is 94.3 Å². The maximum atomic E-state index is 13.2. The molecule has 1 saturated carbocycles. The standard InChI is InChI=1S/C26H36F2N6O2/c1-18(35)23(32-26-30-15-21(16-34(26)36)19-7-8-19)11-14-33(17-24(27)28)13-3-2-6-22-10-9-20-5-4-12-29-25(20)31-22/h9-10,15-16,19,23-24,36H,2-8,11-14,17H2,1H3,(H,29,31)/p+1. The third kappa shape index (κ3) is 7.56. The van der Waals surface area contributed by atoms with Crippen molar-refractivity contribution in [3.8, 4) is 0 Å².